The van der Waals surface area contributed by atoms with E-state index in [0.29, 0.717) is 11.4 Å². The number of aromatic nitrogens is 3. The van der Waals surface area contributed by atoms with Crippen LogP contribution in [-0.4, -0.2) is 19.6 Å². The molecule has 0 amide bonds. The van der Waals surface area contributed by atoms with Crippen LogP contribution >= 0.6 is 0 Å². The summed E-state index contributed by atoms with van der Waals surface area (Å²) in [6, 6.07) is 47.2. The van der Waals surface area contributed by atoms with E-state index in [9.17, 15) is 5.11 Å². The van der Waals surface area contributed by atoms with Crippen molar-refractivity contribution in [2.75, 3.05) is 0 Å². The molecule has 0 saturated heterocycles. The van der Waals surface area contributed by atoms with Crippen LogP contribution in [0, 0.1) is 0 Å². The maximum atomic E-state index is 11.6. The van der Waals surface area contributed by atoms with Crippen LogP contribution in [-0.2, 0) is 16.2 Å². The van der Waals surface area contributed by atoms with Crippen LogP contribution in [0.2, 0.25) is 0 Å². The fourth-order valence-corrected chi connectivity index (χ4v) is 7.70. The zero-order valence-corrected chi connectivity index (χ0v) is 34.1. The summed E-state index contributed by atoms with van der Waals surface area (Å²) in [5, 5.41) is 12.7. The molecule has 0 saturated carbocycles. The number of aromatic hydroxyl groups is 1. The summed E-state index contributed by atoms with van der Waals surface area (Å²) < 4.78 is 2.24. The fourth-order valence-electron chi connectivity index (χ4n) is 7.70. The fraction of sp³-hybridized carbons (Fsp3) is 0.231. The number of pyridine rings is 1. The van der Waals surface area contributed by atoms with E-state index >= 15 is 0 Å². The van der Waals surface area contributed by atoms with Gasteiger partial charge in [0.1, 0.15) is 11.6 Å². The topological polar surface area (TPSA) is 50.9 Å². The SMILES string of the molecule is CC(C)(C)c1ccc(-n2c(-c3cc(C(C)(C)C)ccc3O)nc3c(-c4cccc(-c5cccc6c(-c7ccccc7)ccnc56)c4)cc(C(C)(C)C)cc32)cc1. The van der Waals surface area contributed by atoms with E-state index in [1.54, 1.807) is 0 Å². The van der Waals surface area contributed by atoms with Crippen LogP contribution in [0.4, 0.5) is 0 Å². The number of nitrogens with zero attached hydrogens (tertiary/aromatic N) is 3. The molecule has 0 unspecified atom stereocenters. The smallest absolute Gasteiger partial charge is 0.149 e. The van der Waals surface area contributed by atoms with E-state index in [0.717, 1.165) is 55.4 Å². The Morgan fingerprint density at radius 3 is 1.75 bits per heavy atom. The van der Waals surface area contributed by atoms with Crippen molar-refractivity contribution in [2.24, 2.45) is 0 Å². The lowest BCUT2D eigenvalue weighted by Crippen LogP contribution is -2.12. The van der Waals surface area contributed by atoms with Crippen molar-refractivity contribution in [3.05, 3.63) is 156 Å². The minimum absolute atomic E-state index is 0.0119. The summed E-state index contributed by atoms with van der Waals surface area (Å²) in [4.78, 5) is 10.4. The van der Waals surface area contributed by atoms with Crippen molar-refractivity contribution in [3.63, 3.8) is 0 Å². The summed E-state index contributed by atoms with van der Waals surface area (Å²) in [6.07, 6.45) is 1.92. The molecule has 4 nitrogen and oxygen atoms in total. The van der Waals surface area contributed by atoms with Gasteiger partial charge in [-0.3, -0.25) is 9.55 Å². The number of fused-ring (bicyclic) bond motifs is 2. The quantitative estimate of drug-likeness (QED) is 0.192. The second-order valence-corrected chi connectivity index (χ2v) is 18.2. The molecule has 0 spiro atoms. The molecular formula is C52H51N3O. The van der Waals surface area contributed by atoms with Crippen molar-refractivity contribution >= 4 is 21.9 Å². The number of hydrogen-bond acceptors (Lipinski definition) is 3. The Hall–Kier alpha value is -6.00. The molecule has 0 aliphatic rings. The number of benzene rings is 6. The van der Waals surface area contributed by atoms with Crippen molar-refractivity contribution < 1.29 is 5.11 Å². The highest BCUT2D eigenvalue weighted by Gasteiger charge is 2.26. The largest absolute Gasteiger partial charge is 0.507 e. The van der Waals surface area contributed by atoms with Gasteiger partial charge in [-0.15, -0.1) is 0 Å². The lowest BCUT2D eigenvalue weighted by Gasteiger charge is -2.22. The maximum Gasteiger partial charge on any atom is 0.149 e. The van der Waals surface area contributed by atoms with Crippen molar-refractivity contribution in [1.82, 2.24) is 14.5 Å². The molecular weight excluding hydrogens is 683 g/mol. The molecule has 1 N–H and O–H groups in total. The Kier molecular flexibility index (Phi) is 9.00. The Morgan fingerprint density at radius 1 is 0.464 bits per heavy atom. The molecule has 280 valence electrons. The third-order valence-corrected chi connectivity index (χ3v) is 11.1. The maximum absolute atomic E-state index is 11.6. The monoisotopic (exact) mass is 733 g/mol. The Balaban J connectivity index is 1.39. The lowest BCUT2D eigenvalue weighted by atomic mass is 9.84. The van der Waals surface area contributed by atoms with Crippen LogP contribution in [0.25, 0.3) is 72.4 Å². The summed E-state index contributed by atoms with van der Waals surface area (Å²) in [5.41, 5.74) is 14.5. The number of phenols is 1. The van der Waals surface area contributed by atoms with Crippen LogP contribution in [0.3, 0.4) is 0 Å². The van der Waals surface area contributed by atoms with E-state index in [1.807, 2.05) is 18.3 Å². The van der Waals surface area contributed by atoms with Gasteiger partial charge in [0, 0.05) is 28.4 Å². The molecule has 2 heterocycles. The number of para-hydroxylation sites is 1. The van der Waals surface area contributed by atoms with Gasteiger partial charge in [0.25, 0.3) is 0 Å². The van der Waals surface area contributed by atoms with E-state index in [-0.39, 0.29) is 22.0 Å². The molecule has 0 aliphatic carbocycles. The number of phenolic OH excluding ortho intramolecular Hbond substituents is 1. The lowest BCUT2D eigenvalue weighted by molar-refractivity contribution is 0.475. The Bertz CT molecular complexity index is 2730. The normalized spacial score (nSPS) is 12.4. The van der Waals surface area contributed by atoms with E-state index < -0.39 is 0 Å². The highest BCUT2D eigenvalue weighted by Crippen LogP contribution is 2.43. The highest BCUT2D eigenvalue weighted by atomic mass is 16.3. The van der Waals surface area contributed by atoms with Crippen LogP contribution in [0.1, 0.15) is 79.0 Å². The molecule has 0 bridgehead atoms. The number of imidazole rings is 1. The zero-order chi connectivity index (χ0) is 39.6. The summed E-state index contributed by atoms with van der Waals surface area (Å²) in [7, 11) is 0. The van der Waals surface area contributed by atoms with Gasteiger partial charge in [-0.2, -0.15) is 0 Å². The molecule has 8 rings (SSSR count). The van der Waals surface area contributed by atoms with Gasteiger partial charge in [0.05, 0.1) is 22.1 Å². The van der Waals surface area contributed by atoms with Gasteiger partial charge in [0.2, 0.25) is 0 Å². The Morgan fingerprint density at radius 2 is 1.07 bits per heavy atom. The zero-order valence-electron chi connectivity index (χ0n) is 34.1. The standard InChI is InChI=1S/C52H51N3O/c1-50(2,3)36-21-24-39(25-22-36)55-45-32-38(52(7,8)9)31-43(48(45)54-49(55)44-30-37(51(4,5)6)23-26-46(44)56)35-18-13-17-34(29-35)41-19-14-20-42-40(27-28-53-47(41)42)33-15-11-10-12-16-33/h10-32,56H,1-9H3. The average molecular weight is 734 g/mol. The summed E-state index contributed by atoms with van der Waals surface area (Å²) in [5.74, 6) is 0.918. The molecule has 2 aromatic heterocycles. The second kappa shape index (κ2) is 13.6. The number of rotatable bonds is 5. The molecule has 8 aromatic rings. The summed E-state index contributed by atoms with van der Waals surface area (Å²) in [6.45, 7) is 20.1. The first-order valence-electron chi connectivity index (χ1n) is 19.6. The van der Waals surface area contributed by atoms with Crippen molar-refractivity contribution in [1.29, 1.82) is 0 Å². The first-order chi connectivity index (χ1) is 26.6. The van der Waals surface area contributed by atoms with Gasteiger partial charge < -0.3 is 5.11 Å². The van der Waals surface area contributed by atoms with Gasteiger partial charge in [-0.05, 0) is 104 Å². The highest BCUT2D eigenvalue weighted by molar-refractivity contribution is 6.03. The molecule has 4 heteroatoms. The molecule has 0 atom stereocenters. The third-order valence-electron chi connectivity index (χ3n) is 11.1. The molecule has 0 fully saturated rings. The molecule has 6 aromatic carbocycles. The van der Waals surface area contributed by atoms with Crippen molar-refractivity contribution in [3.8, 4) is 56.2 Å². The first kappa shape index (κ1) is 36.9. The molecule has 56 heavy (non-hydrogen) atoms. The Labute approximate surface area is 331 Å². The molecule has 0 radical (unpaired) electrons. The van der Waals surface area contributed by atoms with Crippen molar-refractivity contribution in [2.45, 2.75) is 78.6 Å². The van der Waals surface area contributed by atoms with Crippen LogP contribution < -0.4 is 0 Å². The predicted molar refractivity (Wildman–Crippen MR) is 236 cm³/mol. The van der Waals surface area contributed by atoms with Gasteiger partial charge >= 0.3 is 0 Å². The molecule has 0 aliphatic heterocycles. The predicted octanol–water partition coefficient (Wildman–Crippen LogP) is 13.8. The summed E-state index contributed by atoms with van der Waals surface area (Å²) >= 11 is 0. The van der Waals surface area contributed by atoms with E-state index in [2.05, 4.69) is 188 Å². The minimum Gasteiger partial charge on any atom is -0.507 e. The van der Waals surface area contributed by atoms with Gasteiger partial charge in [-0.25, -0.2) is 4.98 Å². The third kappa shape index (κ3) is 6.79. The van der Waals surface area contributed by atoms with Gasteiger partial charge in [0.15, 0.2) is 0 Å². The van der Waals surface area contributed by atoms with E-state index in [4.69, 9.17) is 9.97 Å². The number of hydrogen-bond donors (Lipinski definition) is 1. The van der Waals surface area contributed by atoms with E-state index in [1.165, 1.54) is 22.3 Å². The van der Waals surface area contributed by atoms with Gasteiger partial charge in [-0.1, -0.05) is 147 Å². The van der Waals surface area contributed by atoms with Crippen LogP contribution in [0.5, 0.6) is 5.75 Å². The first-order valence-corrected chi connectivity index (χ1v) is 19.6. The van der Waals surface area contributed by atoms with Crippen LogP contribution in [0.15, 0.2) is 140 Å². The minimum atomic E-state index is -0.145. The average Bonchev–Trinajstić information content (AvgIpc) is 3.56. The second-order valence-electron chi connectivity index (χ2n) is 18.2.